The second-order valence-corrected chi connectivity index (χ2v) is 5.17. The van der Waals surface area contributed by atoms with E-state index in [2.05, 4.69) is 29.1 Å². The topological polar surface area (TPSA) is 51.4 Å². The summed E-state index contributed by atoms with van der Waals surface area (Å²) in [5, 5.41) is 0. The Balaban J connectivity index is 1.93. The Labute approximate surface area is 109 Å². The van der Waals surface area contributed by atoms with Crippen molar-refractivity contribution in [3.63, 3.8) is 0 Å². The van der Waals surface area contributed by atoms with E-state index in [0.717, 1.165) is 49.9 Å². The minimum atomic E-state index is 0.0485. The van der Waals surface area contributed by atoms with Gasteiger partial charge in [0.1, 0.15) is 5.82 Å². The highest BCUT2D eigenvalue weighted by molar-refractivity contribution is 5.38. The Bertz CT molecular complexity index is 358. The van der Waals surface area contributed by atoms with Gasteiger partial charge in [0.2, 0.25) is 0 Å². The van der Waals surface area contributed by atoms with Crippen LogP contribution in [-0.2, 0) is 4.74 Å². The number of hydrogen-bond acceptors (Lipinski definition) is 4. The van der Waals surface area contributed by atoms with Crippen molar-refractivity contribution in [3.05, 3.63) is 23.9 Å². The predicted octanol–water partition coefficient (Wildman–Crippen LogP) is 1.96. The Kier molecular flexibility index (Phi) is 4.55. The summed E-state index contributed by atoms with van der Waals surface area (Å²) < 4.78 is 5.38. The molecule has 1 aromatic heterocycles. The van der Waals surface area contributed by atoms with Crippen LogP contribution in [0.1, 0.15) is 31.4 Å². The molecule has 18 heavy (non-hydrogen) atoms. The van der Waals surface area contributed by atoms with E-state index in [1.54, 1.807) is 0 Å². The smallest absolute Gasteiger partial charge is 0.128 e. The SMILES string of the molecule is C[C@@H](N)c1ccc(N(C)CC2CCOCC2)nc1. The van der Waals surface area contributed by atoms with Gasteiger partial charge in [0.05, 0.1) is 0 Å². The highest BCUT2D eigenvalue weighted by Gasteiger charge is 2.16. The lowest BCUT2D eigenvalue weighted by Crippen LogP contribution is -2.30. The number of aromatic nitrogens is 1. The lowest BCUT2D eigenvalue weighted by atomic mass is 10.00. The number of nitrogens with zero attached hydrogens (tertiary/aromatic N) is 2. The van der Waals surface area contributed by atoms with Crippen LogP contribution in [0.2, 0.25) is 0 Å². The number of hydrogen-bond donors (Lipinski definition) is 1. The second kappa shape index (κ2) is 6.16. The minimum Gasteiger partial charge on any atom is -0.381 e. The van der Waals surface area contributed by atoms with Gasteiger partial charge in [-0.25, -0.2) is 4.98 Å². The van der Waals surface area contributed by atoms with E-state index in [-0.39, 0.29) is 6.04 Å². The van der Waals surface area contributed by atoms with Gasteiger partial charge >= 0.3 is 0 Å². The molecule has 100 valence electrons. The lowest BCUT2D eigenvalue weighted by Gasteiger charge is -2.27. The Hall–Kier alpha value is -1.13. The molecular weight excluding hydrogens is 226 g/mol. The molecule has 0 spiro atoms. The first-order valence-electron chi connectivity index (χ1n) is 6.67. The molecule has 2 heterocycles. The Morgan fingerprint density at radius 2 is 2.17 bits per heavy atom. The summed E-state index contributed by atoms with van der Waals surface area (Å²) in [5.41, 5.74) is 6.90. The molecule has 4 nitrogen and oxygen atoms in total. The largest absolute Gasteiger partial charge is 0.381 e. The van der Waals surface area contributed by atoms with Crippen LogP contribution in [0.4, 0.5) is 5.82 Å². The van der Waals surface area contributed by atoms with Crippen LogP contribution in [0.5, 0.6) is 0 Å². The normalized spacial score (nSPS) is 18.6. The first-order valence-corrected chi connectivity index (χ1v) is 6.67. The number of anilines is 1. The third kappa shape index (κ3) is 3.43. The molecule has 2 N–H and O–H groups in total. The summed E-state index contributed by atoms with van der Waals surface area (Å²) in [7, 11) is 2.10. The van der Waals surface area contributed by atoms with Crippen molar-refractivity contribution in [1.82, 2.24) is 4.98 Å². The summed E-state index contributed by atoms with van der Waals surface area (Å²) in [6.07, 6.45) is 4.19. The molecule has 2 rings (SSSR count). The van der Waals surface area contributed by atoms with Crippen molar-refractivity contribution < 1.29 is 4.74 Å². The van der Waals surface area contributed by atoms with Crippen LogP contribution < -0.4 is 10.6 Å². The zero-order chi connectivity index (χ0) is 13.0. The molecular formula is C14H23N3O. The molecule has 1 atom stereocenters. The van der Waals surface area contributed by atoms with Crippen molar-refractivity contribution in [2.45, 2.75) is 25.8 Å². The van der Waals surface area contributed by atoms with Gasteiger partial charge in [0, 0.05) is 39.0 Å². The summed E-state index contributed by atoms with van der Waals surface area (Å²) in [6.45, 7) is 4.82. The van der Waals surface area contributed by atoms with Gasteiger partial charge in [-0.2, -0.15) is 0 Å². The fourth-order valence-electron chi connectivity index (χ4n) is 2.30. The highest BCUT2D eigenvalue weighted by Crippen LogP contribution is 2.19. The second-order valence-electron chi connectivity index (χ2n) is 5.17. The van der Waals surface area contributed by atoms with E-state index < -0.39 is 0 Å². The maximum Gasteiger partial charge on any atom is 0.128 e. The molecule has 0 saturated carbocycles. The van der Waals surface area contributed by atoms with Crippen LogP contribution >= 0.6 is 0 Å². The van der Waals surface area contributed by atoms with Crippen LogP contribution in [0.25, 0.3) is 0 Å². The maximum atomic E-state index is 5.82. The zero-order valence-corrected chi connectivity index (χ0v) is 11.3. The monoisotopic (exact) mass is 249 g/mol. The van der Waals surface area contributed by atoms with E-state index in [0.29, 0.717) is 0 Å². The summed E-state index contributed by atoms with van der Waals surface area (Å²) in [5.74, 6) is 1.74. The van der Waals surface area contributed by atoms with Crippen molar-refractivity contribution in [1.29, 1.82) is 0 Å². The molecule has 1 fully saturated rings. The van der Waals surface area contributed by atoms with Gasteiger partial charge in [0.25, 0.3) is 0 Å². The molecule has 0 radical (unpaired) electrons. The number of pyridine rings is 1. The first kappa shape index (κ1) is 13.3. The van der Waals surface area contributed by atoms with Gasteiger partial charge in [-0.3, -0.25) is 0 Å². The number of ether oxygens (including phenoxy) is 1. The van der Waals surface area contributed by atoms with E-state index >= 15 is 0 Å². The average Bonchev–Trinajstić information content (AvgIpc) is 2.40. The molecule has 4 heteroatoms. The van der Waals surface area contributed by atoms with Crippen molar-refractivity contribution >= 4 is 5.82 Å². The van der Waals surface area contributed by atoms with E-state index in [4.69, 9.17) is 10.5 Å². The molecule has 0 bridgehead atoms. The zero-order valence-electron chi connectivity index (χ0n) is 11.3. The van der Waals surface area contributed by atoms with Crippen molar-refractivity contribution in [2.24, 2.45) is 11.7 Å². The van der Waals surface area contributed by atoms with Gasteiger partial charge in [-0.1, -0.05) is 6.07 Å². The Morgan fingerprint density at radius 1 is 1.44 bits per heavy atom. The first-order chi connectivity index (χ1) is 8.66. The molecule has 0 aliphatic carbocycles. The molecule has 1 aliphatic heterocycles. The van der Waals surface area contributed by atoms with Gasteiger partial charge < -0.3 is 15.4 Å². The van der Waals surface area contributed by atoms with Gasteiger partial charge in [0.15, 0.2) is 0 Å². The quantitative estimate of drug-likeness (QED) is 0.886. The van der Waals surface area contributed by atoms with E-state index in [9.17, 15) is 0 Å². The maximum absolute atomic E-state index is 5.82. The third-order valence-electron chi connectivity index (χ3n) is 3.56. The fraction of sp³-hybridized carbons (Fsp3) is 0.643. The molecule has 1 aliphatic rings. The lowest BCUT2D eigenvalue weighted by molar-refractivity contribution is 0.0685. The minimum absolute atomic E-state index is 0.0485. The molecule has 0 amide bonds. The molecule has 1 saturated heterocycles. The fourth-order valence-corrected chi connectivity index (χ4v) is 2.30. The van der Waals surface area contributed by atoms with E-state index in [1.165, 1.54) is 0 Å². The average molecular weight is 249 g/mol. The van der Waals surface area contributed by atoms with Crippen LogP contribution in [-0.4, -0.2) is 31.8 Å². The molecule has 0 unspecified atom stereocenters. The summed E-state index contributed by atoms with van der Waals surface area (Å²) in [4.78, 5) is 6.70. The van der Waals surface area contributed by atoms with Gasteiger partial charge in [-0.05, 0) is 37.3 Å². The summed E-state index contributed by atoms with van der Waals surface area (Å²) >= 11 is 0. The van der Waals surface area contributed by atoms with Gasteiger partial charge in [-0.15, -0.1) is 0 Å². The van der Waals surface area contributed by atoms with Crippen LogP contribution in [0, 0.1) is 5.92 Å². The standard InChI is InChI=1S/C14H23N3O/c1-11(15)13-3-4-14(16-9-13)17(2)10-12-5-7-18-8-6-12/h3-4,9,11-12H,5-8,10,15H2,1-2H3/t11-/m1/s1. The van der Waals surface area contributed by atoms with Crippen molar-refractivity contribution in [3.8, 4) is 0 Å². The molecule has 1 aromatic rings. The number of rotatable bonds is 4. The molecule has 0 aromatic carbocycles. The predicted molar refractivity (Wildman–Crippen MR) is 73.7 cm³/mol. The van der Waals surface area contributed by atoms with Crippen LogP contribution in [0.15, 0.2) is 18.3 Å². The van der Waals surface area contributed by atoms with E-state index in [1.807, 2.05) is 13.1 Å². The summed E-state index contributed by atoms with van der Waals surface area (Å²) in [6, 6.07) is 4.17. The Morgan fingerprint density at radius 3 is 2.72 bits per heavy atom. The highest BCUT2D eigenvalue weighted by atomic mass is 16.5. The van der Waals surface area contributed by atoms with Crippen molar-refractivity contribution in [2.75, 3.05) is 31.7 Å². The van der Waals surface area contributed by atoms with Crippen LogP contribution in [0.3, 0.4) is 0 Å². The third-order valence-corrected chi connectivity index (χ3v) is 3.56. The number of nitrogens with two attached hydrogens (primary N) is 1.